The summed E-state index contributed by atoms with van der Waals surface area (Å²) in [5, 5.41) is 0. The lowest BCUT2D eigenvalue weighted by atomic mass is 10.1. The number of hydrogen-bond acceptors (Lipinski definition) is 1. The summed E-state index contributed by atoms with van der Waals surface area (Å²) >= 11 is 0. The molecule has 3 heteroatoms. The van der Waals surface area contributed by atoms with E-state index in [0.717, 1.165) is 0 Å². The molecule has 0 aliphatic carbocycles. The number of H-pyrrole nitrogens is 1. The minimum absolute atomic E-state index is 0. The van der Waals surface area contributed by atoms with Crippen molar-refractivity contribution in [3.8, 4) is 0 Å². The van der Waals surface area contributed by atoms with E-state index in [4.69, 9.17) is 0 Å². The van der Waals surface area contributed by atoms with Gasteiger partial charge in [0.2, 0.25) is 0 Å². The molecule has 0 bridgehead atoms. The number of nitrogens with one attached hydrogen (secondary N) is 1. The molecule has 76 valence electrons. The Balaban J connectivity index is 0.00000196. The Bertz CT molecular complexity index is 448. The Hall–Kier alpha value is -1.64. The topological polar surface area (TPSA) is 32.9 Å². The number of aromatic amines is 1. The van der Waals surface area contributed by atoms with Crippen molar-refractivity contribution in [2.75, 3.05) is 0 Å². The molecule has 0 amide bonds. The van der Waals surface area contributed by atoms with Crippen molar-refractivity contribution in [3.05, 3.63) is 52.0 Å². The number of pyridine rings is 1. The van der Waals surface area contributed by atoms with Gasteiger partial charge in [0.05, 0.1) is 5.69 Å². The SMILES string of the molecule is C=C/C=C(/F)c1[nH]c(=O)c(C)cc1C.[HH]. The highest BCUT2D eigenvalue weighted by molar-refractivity contribution is 5.60. The van der Waals surface area contributed by atoms with E-state index in [1.54, 1.807) is 19.9 Å². The first-order valence-electron chi connectivity index (χ1n) is 4.25. The van der Waals surface area contributed by atoms with E-state index >= 15 is 0 Å². The van der Waals surface area contributed by atoms with Gasteiger partial charge in [-0.05, 0) is 31.6 Å². The highest BCUT2D eigenvalue weighted by Gasteiger charge is 2.06. The van der Waals surface area contributed by atoms with E-state index < -0.39 is 5.83 Å². The number of rotatable bonds is 2. The van der Waals surface area contributed by atoms with Crippen LogP contribution in [0.2, 0.25) is 0 Å². The second-order valence-electron chi connectivity index (χ2n) is 3.09. The van der Waals surface area contributed by atoms with Crippen molar-refractivity contribution >= 4 is 5.83 Å². The first-order chi connectivity index (χ1) is 6.56. The average Bonchev–Trinajstić information content (AvgIpc) is 2.11. The predicted molar refractivity (Wildman–Crippen MR) is 57.9 cm³/mol. The Labute approximate surface area is 83.3 Å². The molecule has 1 aromatic heterocycles. The molecule has 0 saturated heterocycles. The summed E-state index contributed by atoms with van der Waals surface area (Å²) in [7, 11) is 0. The smallest absolute Gasteiger partial charge is 0.251 e. The number of allylic oxidation sites excluding steroid dienone is 2. The van der Waals surface area contributed by atoms with Gasteiger partial charge in [-0.1, -0.05) is 12.7 Å². The minimum atomic E-state index is -0.477. The lowest BCUT2D eigenvalue weighted by Gasteiger charge is -2.03. The van der Waals surface area contributed by atoms with Crippen LogP contribution in [0.1, 0.15) is 18.2 Å². The van der Waals surface area contributed by atoms with Crippen LogP contribution in [0.5, 0.6) is 0 Å². The monoisotopic (exact) mass is 195 g/mol. The predicted octanol–water partition coefficient (Wildman–Crippen LogP) is 2.73. The zero-order chi connectivity index (χ0) is 10.7. The van der Waals surface area contributed by atoms with Crippen molar-refractivity contribution in [1.29, 1.82) is 0 Å². The van der Waals surface area contributed by atoms with Crippen LogP contribution in [0.3, 0.4) is 0 Å². The standard InChI is InChI=1S/C11H12FNO.H2/c1-4-5-9(12)10-7(2)6-8(3)11(14)13-10;/h4-6H,1H2,2-3H3,(H,13,14);1H/b9-5+;. The molecular formula is C11H14FNO. The molecule has 0 spiro atoms. The van der Waals surface area contributed by atoms with E-state index in [0.29, 0.717) is 11.1 Å². The normalized spacial score (nSPS) is 11.5. The first-order valence-corrected chi connectivity index (χ1v) is 4.25. The Morgan fingerprint density at radius 3 is 2.79 bits per heavy atom. The average molecular weight is 195 g/mol. The van der Waals surface area contributed by atoms with Crippen molar-refractivity contribution in [2.45, 2.75) is 13.8 Å². The van der Waals surface area contributed by atoms with Gasteiger partial charge >= 0.3 is 0 Å². The van der Waals surface area contributed by atoms with Gasteiger partial charge < -0.3 is 4.98 Å². The highest BCUT2D eigenvalue weighted by atomic mass is 19.1. The lowest BCUT2D eigenvalue weighted by Crippen LogP contribution is -2.12. The molecule has 1 aromatic rings. The van der Waals surface area contributed by atoms with Gasteiger partial charge in [-0.25, -0.2) is 4.39 Å². The van der Waals surface area contributed by atoms with Crippen molar-refractivity contribution in [2.24, 2.45) is 0 Å². The van der Waals surface area contributed by atoms with Crippen LogP contribution in [0.15, 0.2) is 29.6 Å². The third-order valence-electron chi connectivity index (χ3n) is 1.93. The molecule has 0 aliphatic heterocycles. The van der Waals surface area contributed by atoms with Crippen LogP contribution in [-0.2, 0) is 0 Å². The summed E-state index contributed by atoms with van der Waals surface area (Å²) in [4.78, 5) is 13.7. The van der Waals surface area contributed by atoms with E-state index in [1.807, 2.05) is 0 Å². The number of aryl methyl sites for hydroxylation is 2. The van der Waals surface area contributed by atoms with Gasteiger partial charge in [0.25, 0.3) is 5.56 Å². The van der Waals surface area contributed by atoms with Crippen LogP contribution >= 0.6 is 0 Å². The Morgan fingerprint density at radius 2 is 2.21 bits per heavy atom. The maximum atomic E-state index is 13.3. The van der Waals surface area contributed by atoms with Crippen molar-refractivity contribution in [3.63, 3.8) is 0 Å². The quantitative estimate of drug-likeness (QED) is 0.723. The second kappa shape index (κ2) is 4.05. The van der Waals surface area contributed by atoms with Crippen LogP contribution in [0.25, 0.3) is 5.83 Å². The molecule has 0 radical (unpaired) electrons. The molecule has 0 atom stereocenters. The Morgan fingerprint density at radius 1 is 1.57 bits per heavy atom. The van der Waals surface area contributed by atoms with Gasteiger partial charge in [-0.2, -0.15) is 0 Å². The van der Waals surface area contributed by atoms with E-state index in [1.165, 1.54) is 12.2 Å². The number of halogens is 1. The maximum Gasteiger partial charge on any atom is 0.251 e. The fourth-order valence-electron chi connectivity index (χ4n) is 1.21. The van der Waals surface area contributed by atoms with Gasteiger partial charge in [0.1, 0.15) is 5.83 Å². The zero-order valence-corrected chi connectivity index (χ0v) is 8.23. The third kappa shape index (κ3) is 1.99. The van der Waals surface area contributed by atoms with Gasteiger partial charge in [0.15, 0.2) is 0 Å². The summed E-state index contributed by atoms with van der Waals surface area (Å²) < 4.78 is 13.3. The van der Waals surface area contributed by atoms with Crippen molar-refractivity contribution < 1.29 is 5.82 Å². The minimum Gasteiger partial charge on any atom is -0.320 e. The largest absolute Gasteiger partial charge is 0.320 e. The van der Waals surface area contributed by atoms with Crippen LogP contribution in [0, 0.1) is 13.8 Å². The van der Waals surface area contributed by atoms with E-state index in [9.17, 15) is 9.18 Å². The van der Waals surface area contributed by atoms with Crippen LogP contribution in [-0.4, -0.2) is 4.98 Å². The molecule has 2 nitrogen and oxygen atoms in total. The number of aromatic nitrogens is 1. The van der Waals surface area contributed by atoms with Crippen LogP contribution in [0.4, 0.5) is 4.39 Å². The lowest BCUT2D eigenvalue weighted by molar-refractivity contribution is 0.749. The summed E-state index contributed by atoms with van der Waals surface area (Å²) in [6.07, 6.45) is 2.56. The molecule has 0 fully saturated rings. The van der Waals surface area contributed by atoms with Crippen molar-refractivity contribution in [1.82, 2.24) is 4.98 Å². The Kier molecular flexibility index (Phi) is 3.02. The zero-order valence-electron chi connectivity index (χ0n) is 8.23. The molecule has 0 unspecified atom stereocenters. The summed E-state index contributed by atoms with van der Waals surface area (Å²) in [5.41, 5.74) is 1.24. The summed E-state index contributed by atoms with van der Waals surface area (Å²) in [6, 6.07) is 1.66. The first kappa shape index (κ1) is 10.4. The summed E-state index contributed by atoms with van der Waals surface area (Å²) in [6.45, 7) is 6.82. The molecular weight excluding hydrogens is 181 g/mol. The highest BCUT2D eigenvalue weighted by Crippen LogP contribution is 2.16. The van der Waals surface area contributed by atoms with Gasteiger partial charge in [-0.15, -0.1) is 0 Å². The summed E-state index contributed by atoms with van der Waals surface area (Å²) in [5.74, 6) is -0.477. The molecule has 1 rings (SSSR count). The molecule has 1 heterocycles. The molecule has 0 saturated carbocycles. The second-order valence-corrected chi connectivity index (χ2v) is 3.09. The number of hydrogen-bond donors (Lipinski definition) is 1. The van der Waals surface area contributed by atoms with Gasteiger partial charge in [-0.3, -0.25) is 4.79 Å². The fraction of sp³-hybridized carbons (Fsp3) is 0.182. The molecule has 0 aromatic carbocycles. The van der Waals surface area contributed by atoms with Gasteiger partial charge in [0, 0.05) is 6.99 Å². The molecule has 14 heavy (non-hydrogen) atoms. The third-order valence-corrected chi connectivity index (χ3v) is 1.93. The maximum absolute atomic E-state index is 13.3. The molecule has 0 aliphatic rings. The fourth-order valence-corrected chi connectivity index (χ4v) is 1.21. The van der Waals surface area contributed by atoms with E-state index in [-0.39, 0.29) is 12.7 Å². The molecule has 1 N–H and O–H groups in total. The van der Waals surface area contributed by atoms with Crippen LogP contribution < -0.4 is 5.56 Å². The van der Waals surface area contributed by atoms with E-state index in [2.05, 4.69) is 11.6 Å².